The fourth-order valence-corrected chi connectivity index (χ4v) is 2.39. The van der Waals surface area contributed by atoms with Crippen LogP contribution in [0.15, 0.2) is 40.9 Å². The molecule has 0 saturated carbocycles. The number of hydrogen-bond acceptors (Lipinski definition) is 3. The predicted octanol–water partition coefficient (Wildman–Crippen LogP) is 3.48. The van der Waals surface area contributed by atoms with Crippen molar-refractivity contribution in [3.05, 3.63) is 57.6 Å². The molecule has 0 spiro atoms. The molecule has 0 radical (unpaired) electrons. The third-order valence-electron chi connectivity index (χ3n) is 3.27. The van der Waals surface area contributed by atoms with Gasteiger partial charge >= 0.3 is 0 Å². The standard InChI is InChI=1S/C16H17BrN2O2/c1-10-7-11(16(18)20)3-4-12(10)9-19-15-8-13(21-2)5-6-14(15)17/h3-8,19H,9H2,1-2H3,(H2,18,20). The number of primary amides is 1. The van der Waals surface area contributed by atoms with Gasteiger partial charge in [-0.05, 0) is 58.2 Å². The second kappa shape index (κ2) is 6.63. The van der Waals surface area contributed by atoms with Gasteiger partial charge in [0.25, 0.3) is 0 Å². The molecule has 2 aromatic carbocycles. The summed E-state index contributed by atoms with van der Waals surface area (Å²) in [4.78, 5) is 11.1. The summed E-state index contributed by atoms with van der Waals surface area (Å²) in [6, 6.07) is 11.2. The maximum Gasteiger partial charge on any atom is 0.248 e. The lowest BCUT2D eigenvalue weighted by Crippen LogP contribution is -2.11. The number of nitrogens with two attached hydrogens (primary N) is 1. The van der Waals surface area contributed by atoms with E-state index in [2.05, 4.69) is 21.2 Å². The Bertz CT molecular complexity index is 671. The van der Waals surface area contributed by atoms with Crippen molar-refractivity contribution in [1.29, 1.82) is 0 Å². The van der Waals surface area contributed by atoms with Crippen LogP contribution in [0, 0.1) is 6.92 Å². The molecule has 0 atom stereocenters. The quantitative estimate of drug-likeness (QED) is 0.869. The number of carbonyl (C=O) groups is 1. The lowest BCUT2D eigenvalue weighted by Gasteiger charge is -2.12. The van der Waals surface area contributed by atoms with Gasteiger partial charge in [-0.15, -0.1) is 0 Å². The number of halogens is 1. The molecule has 0 fully saturated rings. The highest BCUT2D eigenvalue weighted by Gasteiger charge is 2.06. The first kappa shape index (κ1) is 15.4. The molecule has 0 aliphatic heterocycles. The molecule has 4 nitrogen and oxygen atoms in total. The number of aryl methyl sites for hydroxylation is 1. The summed E-state index contributed by atoms with van der Waals surface area (Å²) in [7, 11) is 1.64. The molecular formula is C16H17BrN2O2. The molecule has 0 aromatic heterocycles. The van der Waals surface area contributed by atoms with E-state index in [1.165, 1.54) is 0 Å². The molecule has 2 rings (SSSR count). The van der Waals surface area contributed by atoms with Crippen LogP contribution >= 0.6 is 15.9 Å². The molecule has 110 valence electrons. The Morgan fingerprint density at radius 1 is 1.29 bits per heavy atom. The van der Waals surface area contributed by atoms with Gasteiger partial charge in [-0.25, -0.2) is 0 Å². The van der Waals surface area contributed by atoms with Gasteiger partial charge in [0.15, 0.2) is 0 Å². The molecular weight excluding hydrogens is 332 g/mol. The molecule has 0 aliphatic rings. The number of ether oxygens (including phenoxy) is 1. The monoisotopic (exact) mass is 348 g/mol. The Hall–Kier alpha value is -2.01. The summed E-state index contributed by atoms with van der Waals surface area (Å²) >= 11 is 3.50. The second-order valence-electron chi connectivity index (χ2n) is 4.70. The van der Waals surface area contributed by atoms with Gasteiger partial charge in [0.1, 0.15) is 5.75 Å². The fourth-order valence-electron chi connectivity index (χ4n) is 2.00. The first-order valence-corrected chi connectivity index (χ1v) is 7.27. The fraction of sp³-hybridized carbons (Fsp3) is 0.188. The van der Waals surface area contributed by atoms with Gasteiger partial charge in [0, 0.05) is 22.6 Å². The largest absolute Gasteiger partial charge is 0.497 e. The zero-order valence-electron chi connectivity index (χ0n) is 11.9. The average molecular weight is 349 g/mol. The Balaban J connectivity index is 2.15. The van der Waals surface area contributed by atoms with E-state index in [4.69, 9.17) is 10.5 Å². The van der Waals surface area contributed by atoms with E-state index in [-0.39, 0.29) is 0 Å². The molecule has 2 aromatic rings. The minimum Gasteiger partial charge on any atom is -0.497 e. The normalized spacial score (nSPS) is 10.2. The van der Waals surface area contributed by atoms with Crippen molar-refractivity contribution >= 4 is 27.5 Å². The molecule has 0 aliphatic carbocycles. The number of methoxy groups -OCH3 is 1. The van der Waals surface area contributed by atoms with Gasteiger partial charge in [0.05, 0.1) is 12.8 Å². The number of nitrogens with one attached hydrogen (secondary N) is 1. The smallest absolute Gasteiger partial charge is 0.248 e. The summed E-state index contributed by atoms with van der Waals surface area (Å²) in [5, 5.41) is 3.35. The third kappa shape index (κ3) is 3.76. The second-order valence-corrected chi connectivity index (χ2v) is 5.56. The maximum absolute atomic E-state index is 11.1. The predicted molar refractivity (Wildman–Crippen MR) is 87.7 cm³/mol. The van der Waals surface area contributed by atoms with E-state index in [0.717, 1.165) is 27.0 Å². The highest BCUT2D eigenvalue weighted by atomic mass is 79.9. The number of rotatable bonds is 5. The van der Waals surface area contributed by atoms with Crippen molar-refractivity contribution < 1.29 is 9.53 Å². The van der Waals surface area contributed by atoms with Crippen LogP contribution in [0.4, 0.5) is 5.69 Å². The first-order chi connectivity index (χ1) is 10.0. The zero-order chi connectivity index (χ0) is 15.4. The number of hydrogen-bond donors (Lipinski definition) is 2. The molecule has 0 unspecified atom stereocenters. The van der Waals surface area contributed by atoms with Crippen LogP contribution in [0.3, 0.4) is 0 Å². The summed E-state index contributed by atoms with van der Waals surface area (Å²) in [5.74, 6) is 0.384. The highest BCUT2D eigenvalue weighted by Crippen LogP contribution is 2.27. The van der Waals surface area contributed by atoms with E-state index in [1.54, 1.807) is 19.2 Å². The molecule has 0 bridgehead atoms. The minimum atomic E-state index is -0.409. The van der Waals surface area contributed by atoms with Gasteiger partial charge in [-0.2, -0.15) is 0 Å². The molecule has 5 heteroatoms. The Kier molecular flexibility index (Phi) is 4.85. The summed E-state index contributed by atoms with van der Waals surface area (Å²) in [6.45, 7) is 2.61. The van der Waals surface area contributed by atoms with Crippen LogP contribution < -0.4 is 15.8 Å². The maximum atomic E-state index is 11.1. The molecule has 3 N–H and O–H groups in total. The molecule has 21 heavy (non-hydrogen) atoms. The SMILES string of the molecule is COc1ccc(Br)c(NCc2ccc(C(N)=O)cc2C)c1. The highest BCUT2D eigenvalue weighted by molar-refractivity contribution is 9.10. The first-order valence-electron chi connectivity index (χ1n) is 6.48. The number of benzene rings is 2. The van der Waals surface area contributed by atoms with Crippen LogP contribution in [0.25, 0.3) is 0 Å². The number of carbonyl (C=O) groups excluding carboxylic acids is 1. The van der Waals surface area contributed by atoms with Crippen LogP contribution in [-0.4, -0.2) is 13.0 Å². The van der Waals surface area contributed by atoms with E-state index in [1.807, 2.05) is 31.2 Å². The van der Waals surface area contributed by atoms with Crippen LogP contribution in [0.1, 0.15) is 21.5 Å². The lowest BCUT2D eigenvalue weighted by atomic mass is 10.0. The summed E-state index contributed by atoms with van der Waals surface area (Å²) < 4.78 is 6.18. The van der Waals surface area contributed by atoms with E-state index in [0.29, 0.717) is 12.1 Å². The van der Waals surface area contributed by atoms with Gasteiger partial charge in [0.2, 0.25) is 5.91 Å². The minimum absolute atomic E-state index is 0.409. The van der Waals surface area contributed by atoms with Crippen molar-refractivity contribution in [2.75, 3.05) is 12.4 Å². The molecule has 0 saturated heterocycles. The molecule has 0 heterocycles. The summed E-state index contributed by atoms with van der Waals surface area (Å²) in [5.41, 5.74) is 8.89. The van der Waals surface area contributed by atoms with Gasteiger partial charge in [-0.3, -0.25) is 4.79 Å². The van der Waals surface area contributed by atoms with E-state index < -0.39 is 5.91 Å². The topological polar surface area (TPSA) is 64.3 Å². The average Bonchev–Trinajstić information content (AvgIpc) is 2.47. The van der Waals surface area contributed by atoms with Gasteiger partial charge in [-0.1, -0.05) is 6.07 Å². The van der Waals surface area contributed by atoms with Gasteiger partial charge < -0.3 is 15.8 Å². The Morgan fingerprint density at radius 3 is 2.67 bits per heavy atom. The number of anilines is 1. The third-order valence-corrected chi connectivity index (χ3v) is 3.96. The van der Waals surface area contributed by atoms with Crippen LogP contribution in [-0.2, 0) is 6.54 Å². The van der Waals surface area contributed by atoms with Crippen molar-refractivity contribution in [2.45, 2.75) is 13.5 Å². The lowest BCUT2D eigenvalue weighted by molar-refractivity contribution is 0.1000. The van der Waals surface area contributed by atoms with Crippen molar-refractivity contribution in [3.8, 4) is 5.75 Å². The van der Waals surface area contributed by atoms with Crippen LogP contribution in [0.2, 0.25) is 0 Å². The van der Waals surface area contributed by atoms with Crippen LogP contribution in [0.5, 0.6) is 5.75 Å². The van der Waals surface area contributed by atoms with Crippen molar-refractivity contribution in [1.82, 2.24) is 0 Å². The van der Waals surface area contributed by atoms with E-state index in [9.17, 15) is 4.79 Å². The number of amides is 1. The van der Waals surface area contributed by atoms with Crippen molar-refractivity contribution in [3.63, 3.8) is 0 Å². The molecule has 1 amide bonds. The summed E-state index contributed by atoms with van der Waals surface area (Å²) in [6.07, 6.45) is 0. The van der Waals surface area contributed by atoms with Crippen molar-refractivity contribution in [2.24, 2.45) is 5.73 Å². The Labute approximate surface area is 132 Å². The Morgan fingerprint density at radius 2 is 2.05 bits per heavy atom. The van der Waals surface area contributed by atoms with E-state index >= 15 is 0 Å². The zero-order valence-corrected chi connectivity index (χ0v) is 13.5.